The lowest BCUT2D eigenvalue weighted by atomic mass is 9.78. The van der Waals surface area contributed by atoms with Crippen molar-refractivity contribution in [3.63, 3.8) is 0 Å². The molecule has 2 heterocycles. The molecule has 8 nitrogen and oxygen atoms in total. The molecule has 0 radical (unpaired) electrons. The van der Waals surface area contributed by atoms with Gasteiger partial charge in [-0.05, 0) is 78.4 Å². The van der Waals surface area contributed by atoms with Crippen LogP contribution in [0.3, 0.4) is 0 Å². The molecule has 4 rings (SSSR count). The monoisotopic (exact) mass is 550 g/mol. The minimum atomic E-state index is -0.577. The molecule has 0 aromatic heterocycles. The van der Waals surface area contributed by atoms with Crippen LogP contribution in [0.4, 0.5) is 4.79 Å². The van der Waals surface area contributed by atoms with Gasteiger partial charge in [0.15, 0.2) is 0 Å². The molecule has 1 atom stereocenters. The van der Waals surface area contributed by atoms with E-state index < -0.39 is 30.0 Å². The van der Waals surface area contributed by atoms with Crippen molar-refractivity contribution in [1.82, 2.24) is 10.2 Å². The van der Waals surface area contributed by atoms with Crippen molar-refractivity contribution in [3.8, 4) is 5.75 Å². The van der Waals surface area contributed by atoms with E-state index in [1.165, 1.54) is 0 Å². The van der Waals surface area contributed by atoms with Gasteiger partial charge in [-0.1, -0.05) is 42.5 Å². The van der Waals surface area contributed by atoms with Gasteiger partial charge in [0.05, 0.1) is 17.6 Å². The van der Waals surface area contributed by atoms with Crippen molar-refractivity contribution in [2.45, 2.75) is 97.2 Å². The first kappa shape index (κ1) is 29.9. The highest BCUT2D eigenvalue weighted by Crippen LogP contribution is 2.37. The summed E-state index contributed by atoms with van der Waals surface area (Å²) >= 11 is 0. The van der Waals surface area contributed by atoms with Crippen molar-refractivity contribution < 1.29 is 28.4 Å². The second kappa shape index (κ2) is 11.8. The van der Waals surface area contributed by atoms with Crippen molar-refractivity contribution in [3.05, 3.63) is 59.7 Å². The third-order valence-electron chi connectivity index (χ3n) is 7.68. The van der Waals surface area contributed by atoms with E-state index in [2.05, 4.69) is 5.32 Å². The summed E-state index contributed by atoms with van der Waals surface area (Å²) < 4.78 is 24.2. The highest BCUT2D eigenvalue weighted by molar-refractivity contribution is 6.62. The predicted octanol–water partition coefficient (Wildman–Crippen LogP) is 4.62. The number of carbonyl (C=O) groups is 2. The van der Waals surface area contributed by atoms with Gasteiger partial charge in [-0.25, -0.2) is 4.79 Å². The van der Waals surface area contributed by atoms with Crippen LogP contribution in [0, 0.1) is 0 Å². The third kappa shape index (κ3) is 7.58. The highest BCUT2D eigenvalue weighted by atomic mass is 16.7. The van der Waals surface area contributed by atoms with Gasteiger partial charge in [-0.2, -0.15) is 0 Å². The fraction of sp³-hybridized carbons (Fsp3) is 0.548. The van der Waals surface area contributed by atoms with Crippen molar-refractivity contribution >= 4 is 24.6 Å². The number of nitrogens with zero attached hydrogens (tertiary/aromatic N) is 1. The summed E-state index contributed by atoms with van der Waals surface area (Å²) in [6, 6.07) is 15.6. The summed E-state index contributed by atoms with van der Waals surface area (Å²) in [5.41, 5.74) is 1.14. The zero-order chi connectivity index (χ0) is 29.1. The minimum Gasteiger partial charge on any atom is -0.489 e. The lowest BCUT2D eigenvalue weighted by molar-refractivity contribution is -0.131. The van der Waals surface area contributed by atoms with Gasteiger partial charge in [0.1, 0.15) is 18.0 Å². The van der Waals surface area contributed by atoms with Crippen molar-refractivity contribution in [2.75, 3.05) is 13.1 Å². The number of hydrogen-bond acceptors (Lipinski definition) is 6. The van der Waals surface area contributed by atoms with Crippen molar-refractivity contribution in [1.29, 1.82) is 0 Å². The van der Waals surface area contributed by atoms with E-state index in [0.29, 0.717) is 25.4 Å². The van der Waals surface area contributed by atoms with Crippen LogP contribution < -0.4 is 15.5 Å². The molecule has 1 N–H and O–H groups in total. The van der Waals surface area contributed by atoms with Gasteiger partial charge in [-0.15, -0.1) is 0 Å². The molecule has 2 amide bonds. The Morgan fingerprint density at radius 2 is 1.73 bits per heavy atom. The number of hydrogen-bond donors (Lipinski definition) is 1. The van der Waals surface area contributed by atoms with Gasteiger partial charge >= 0.3 is 13.2 Å². The number of benzene rings is 2. The molecule has 0 bridgehead atoms. The first-order valence-corrected chi connectivity index (χ1v) is 14.1. The summed E-state index contributed by atoms with van der Waals surface area (Å²) in [5, 5.41) is 2.92. The average Bonchev–Trinajstić information content (AvgIpc) is 3.09. The molecule has 40 heavy (non-hydrogen) atoms. The molecule has 0 aliphatic carbocycles. The second-order valence-corrected chi connectivity index (χ2v) is 12.7. The minimum absolute atomic E-state index is 0.0219. The quantitative estimate of drug-likeness (QED) is 0.507. The van der Waals surface area contributed by atoms with Crippen LogP contribution in [-0.2, 0) is 31.9 Å². The number of amides is 2. The largest absolute Gasteiger partial charge is 0.494 e. The molecule has 9 heteroatoms. The topological polar surface area (TPSA) is 86.3 Å². The molecular formula is C31H43BN2O6. The van der Waals surface area contributed by atoms with E-state index in [1.54, 1.807) is 0 Å². The second-order valence-electron chi connectivity index (χ2n) is 12.7. The first-order chi connectivity index (χ1) is 18.7. The molecule has 0 saturated carbocycles. The van der Waals surface area contributed by atoms with E-state index in [4.69, 9.17) is 18.8 Å². The summed E-state index contributed by atoms with van der Waals surface area (Å²) in [6.45, 7) is 15.1. The van der Waals surface area contributed by atoms with Gasteiger partial charge in [0.2, 0.25) is 5.91 Å². The fourth-order valence-electron chi connectivity index (χ4n) is 4.81. The Labute approximate surface area is 238 Å². The van der Waals surface area contributed by atoms with E-state index in [-0.39, 0.29) is 18.4 Å². The first-order valence-electron chi connectivity index (χ1n) is 14.1. The molecule has 0 unspecified atom stereocenters. The number of piperidine rings is 1. The summed E-state index contributed by atoms with van der Waals surface area (Å²) in [7, 11) is -0.542. The standard InChI is InChI=1S/C31H43BN2O6/c1-29(2,3)38-28(36)33-25-14-11-17-34(20-25)27(35)19-23-18-24(32-39-30(4,5)31(6,7)40-32)15-16-26(23)37-21-22-12-9-8-10-13-22/h8-10,12-13,15-16,18,25H,11,14,17,19-21H2,1-7H3,(H,33,36)/t25-/m1/s1. The average molecular weight is 551 g/mol. The maximum absolute atomic E-state index is 13.6. The fourth-order valence-corrected chi connectivity index (χ4v) is 4.81. The maximum atomic E-state index is 13.6. The Bertz CT molecular complexity index is 1180. The van der Waals surface area contributed by atoms with Crippen molar-refractivity contribution in [2.24, 2.45) is 0 Å². The lowest BCUT2D eigenvalue weighted by Crippen LogP contribution is -2.50. The number of ether oxygens (including phenoxy) is 2. The van der Waals surface area contributed by atoms with Gasteiger partial charge in [0, 0.05) is 24.7 Å². The summed E-state index contributed by atoms with van der Waals surface area (Å²) in [6.07, 6.45) is 1.30. The number of likely N-dealkylation sites (tertiary alicyclic amines) is 1. The predicted molar refractivity (Wildman–Crippen MR) is 156 cm³/mol. The van der Waals surface area contributed by atoms with E-state index >= 15 is 0 Å². The van der Waals surface area contributed by atoms with Crippen LogP contribution in [0.2, 0.25) is 0 Å². The Morgan fingerprint density at radius 3 is 2.38 bits per heavy atom. The van der Waals surface area contributed by atoms with Gasteiger partial charge < -0.3 is 29.0 Å². The van der Waals surface area contributed by atoms with Gasteiger partial charge in [0.25, 0.3) is 0 Å². The summed E-state index contributed by atoms with van der Waals surface area (Å²) in [4.78, 5) is 27.7. The number of alkyl carbamates (subject to hydrolysis) is 1. The van der Waals surface area contributed by atoms with Gasteiger partial charge in [-0.3, -0.25) is 4.79 Å². The third-order valence-corrected chi connectivity index (χ3v) is 7.68. The number of nitrogens with one attached hydrogen (secondary N) is 1. The normalized spacial score (nSPS) is 20.2. The molecular weight excluding hydrogens is 507 g/mol. The SMILES string of the molecule is CC(C)(C)OC(=O)N[C@@H]1CCCN(C(=O)Cc2cc(B3OC(C)(C)C(C)(C)O3)ccc2OCc2ccccc2)C1. The molecule has 2 fully saturated rings. The lowest BCUT2D eigenvalue weighted by Gasteiger charge is -2.34. The smallest absolute Gasteiger partial charge is 0.489 e. The van der Waals surface area contributed by atoms with Crippen LogP contribution in [-0.4, -0.2) is 60.0 Å². The molecule has 2 aromatic carbocycles. The Hall–Kier alpha value is -3.04. The molecule has 2 saturated heterocycles. The Kier molecular flexibility index (Phi) is 8.85. The number of carbonyl (C=O) groups excluding carboxylic acids is 2. The molecule has 216 valence electrons. The maximum Gasteiger partial charge on any atom is 0.494 e. The van der Waals surface area contributed by atoms with Crippen LogP contribution in [0.5, 0.6) is 5.75 Å². The van der Waals surface area contributed by atoms with E-state index in [0.717, 1.165) is 29.4 Å². The number of rotatable bonds is 7. The van der Waals surface area contributed by atoms with Crippen LogP contribution >= 0.6 is 0 Å². The summed E-state index contributed by atoms with van der Waals surface area (Å²) in [5.74, 6) is 0.629. The van der Waals surface area contributed by atoms with E-state index in [1.807, 2.05) is 102 Å². The zero-order valence-electron chi connectivity index (χ0n) is 24.9. The Balaban J connectivity index is 1.50. The Morgan fingerprint density at radius 1 is 1.05 bits per heavy atom. The van der Waals surface area contributed by atoms with Crippen LogP contribution in [0.1, 0.15) is 72.4 Å². The molecule has 2 aliphatic heterocycles. The molecule has 2 aliphatic rings. The molecule has 0 spiro atoms. The zero-order valence-corrected chi connectivity index (χ0v) is 24.9. The highest BCUT2D eigenvalue weighted by Gasteiger charge is 2.51. The van der Waals surface area contributed by atoms with Crippen LogP contribution in [0.25, 0.3) is 0 Å². The van der Waals surface area contributed by atoms with Crippen LogP contribution in [0.15, 0.2) is 48.5 Å². The van der Waals surface area contributed by atoms with E-state index in [9.17, 15) is 9.59 Å². The molecule has 2 aromatic rings.